The third kappa shape index (κ3) is 5.49. The van der Waals surface area contributed by atoms with Gasteiger partial charge in [0.2, 0.25) is 5.91 Å². The number of nitrogens with one attached hydrogen (secondary N) is 2. The van der Waals surface area contributed by atoms with Gasteiger partial charge in [0.25, 0.3) is 0 Å². The second-order valence-electron chi connectivity index (χ2n) is 6.33. The van der Waals surface area contributed by atoms with Crippen LogP contribution in [0.5, 0.6) is 0 Å². The minimum atomic E-state index is 0.246. The molecule has 110 valence electrons. The molecule has 2 aliphatic rings. The number of amides is 1. The predicted molar refractivity (Wildman–Crippen MR) is 78.1 cm³/mol. The molecule has 4 nitrogen and oxygen atoms in total. The quantitative estimate of drug-likeness (QED) is 0.761. The second kappa shape index (κ2) is 7.85. The highest BCUT2D eigenvalue weighted by Crippen LogP contribution is 2.20. The summed E-state index contributed by atoms with van der Waals surface area (Å²) in [7, 11) is 2.20. The Balaban J connectivity index is 1.51. The van der Waals surface area contributed by atoms with E-state index in [9.17, 15) is 4.79 Å². The lowest BCUT2D eigenvalue weighted by Crippen LogP contribution is -2.32. The number of likely N-dealkylation sites (tertiary alicyclic amines) is 1. The largest absolute Gasteiger partial charge is 0.356 e. The second-order valence-corrected chi connectivity index (χ2v) is 6.33. The molecule has 0 saturated carbocycles. The van der Waals surface area contributed by atoms with E-state index in [0.717, 1.165) is 32.0 Å². The van der Waals surface area contributed by atoms with Crippen LogP contribution in [0.1, 0.15) is 38.5 Å². The van der Waals surface area contributed by atoms with Crippen molar-refractivity contribution in [2.75, 3.05) is 39.8 Å². The van der Waals surface area contributed by atoms with E-state index in [2.05, 4.69) is 22.6 Å². The van der Waals surface area contributed by atoms with E-state index in [1.165, 1.54) is 38.8 Å². The van der Waals surface area contributed by atoms with E-state index >= 15 is 0 Å². The maximum Gasteiger partial charge on any atom is 0.220 e. The molecule has 0 spiro atoms. The van der Waals surface area contributed by atoms with Gasteiger partial charge < -0.3 is 15.5 Å². The van der Waals surface area contributed by atoms with Crippen molar-refractivity contribution in [3.63, 3.8) is 0 Å². The minimum Gasteiger partial charge on any atom is -0.356 e. The Kier molecular flexibility index (Phi) is 6.11. The molecule has 2 fully saturated rings. The van der Waals surface area contributed by atoms with Crippen molar-refractivity contribution in [2.45, 2.75) is 38.5 Å². The van der Waals surface area contributed by atoms with Gasteiger partial charge in [-0.05, 0) is 70.6 Å². The lowest BCUT2D eigenvalue weighted by Gasteiger charge is -2.29. The predicted octanol–water partition coefficient (Wildman–Crippen LogP) is 1.22. The molecule has 0 bridgehead atoms. The highest BCUT2D eigenvalue weighted by atomic mass is 16.1. The normalized spacial score (nSPS) is 28.5. The Bertz CT molecular complexity index is 277. The van der Waals surface area contributed by atoms with Crippen molar-refractivity contribution < 1.29 is 4.79 Å². The molecule has 2 heterocycles. The summed E-state index contributed by atoms with van der Waals surface area (Å²) in [4.78, 5) is 14.2. The van der Waals surface area contributed by atoms with Crippen LogP contribution in [0.4, 0.5) is 0 Å². The van der Waals surface area contributed by atoms with Crippen LogP contribution in [0.15, 0.2) is 0 Å². The first-order valence-corrected chi connectivity index (χ1v) is 7.90. The first kappa shape index (κ1) is 14.8. The zero-order chi connectivity index (χ0) is 13.5. The number of hydrogen-bond acceptors (Lipinski definition) is 3. The molecule has 0 aliphatic carbocycles. The Labute approximate surface area is 117 Å². The number of rotatable bonds is 6. The summed E-state index contributed by atoms with van der Waals surface area (Å²) >= 11 is 0. The van der Waals surface area contributed by atoms with Gasteiger partial charge in [0.15, 0.2) is 0 Å². The van der Waals surface area contributed by atoms with Crippen LogP contribution in [-0.4, -0.2) is 50.6 Å². The Morgan fingerprint density at radius 2 is 2.26 bits per heavy atom. The van der Waals surface area contributed by atoms with Gasteiger partial charge in [0.1, 0.15) is 0 Å². The van der Waals surface area contributed by atoms with Crippen molar-refractivity contribution in [3.8, 4) is 0 Å². The molecular formula is C15H29N3O. The van der Waals surface area contributed by atoms with Gasteiger partial charge in [0.05, 0.1) is 0 Å². The molecule has 0 aromatic carbocycles. The summed E-state index contributed by atoms with van der Waals surface area (Å²) in [5.74, 6) is 1.71. The van der Waals surface area contributed by atoms with Crippen molar-refractivity contribution in [1.82, 2.24) is 15.5 Å². The van der Waals surface area contributed by atoms with Crippen molar-refractivity contribution in [1.29, 1.82) is 0 Å². The third-order valence-corrected chi connectivity index (χ3v) is 4.49. The molecule has 0 aromatic rings. The van der Waals surface area contributed by atoms with Crippen LogP contribution in [0.3, 0.4) is 0 Å². The smallest absolute Gasteiger partial charge is 0.220 e. The van der Waals surface area contributed by atoms with E-state index < -0.39 is 0 Å². The summed E-state index contributed by atoms with van der Waals surface area (Å²) in [5.41, 5.74) is 0. The van der Waals surface area contributed by atoms with E-state index in [-0.39, 0.29) is 5.91 Å². The molecule has 0 aromatic heterocycles. The van der Waals surface area contributed by atoms with Crippen LogP contribution in [0.25, 0.3) is 0 Å². The van der Waals surface area contributed by atoms with Crippen molar-refractivity contribution >= 4 is 5.91 Å². The molecule has 2 aliphatic heterocycles. The minimum absolute atomic E-state index is 0.246. The Morgan fingerprint density at radius 1 is 1.37 bits per heavy atom. The summed E-state index contributed by atoms with van der Waals surface area (Å²) < 4.78 is 0. The van der Waals surface area contributed by atoms with E-state index in [1.54, 1.807) is 0 Å². The molecular weight excluding hydrogens is 238 g/mol. The number of nitrogens with zero attached hydrogens (tertiary/aromatic N) is 1. The highest BCUT2D eigenvalue weighted by Gasteiger charge is 2.18. The van der Waals surface area contributed by atoms with Gasteiger partial charge in [-0.15, -0.1) is 0 Å². The molecule has 2 unspecified atom stereocenters. The molecule has 1 amide bonds. The van der Waals surface area contributed by atoms with Gasteiger partial charge >= 0.3 is 0 Å². The highest BCUT2D eigenvalue weighted by molar-refractivity contribution is 5.75. The van der Waals surface area contributed by atoms with Gasteiger partial charge in [-0.25, -0.2) is 0 Å². The summed E-state index contributed by atoms with van der Waals surface area (Å²) in [5, 5.41) is 6.41. The number of carbonyl (C=O) groups is 1. The first-order valence-electron chi connectivity index (χ1n) is 7.90. The zero-order valence-corrected chi connectivity index (χ0v) is 12.3. The zero-order valence-electron chi connectivity index (χ0n) is 12.3. The molecule has 0 radical (unpaired) electrons. The molecule has 2 N–H and O–H groups in total. The Hall–Kier alpha value is -0.610. The number of hydrogen-bond donors (Lipinski definition) is 2. The molecule has 2 atom stereocenters. The molecule has 2 saturated heterocycles. The maximum absolute atomic E-state index is 11.8. The van der Waals surface area contributed by atoms with Gasteiger partial charge in [-0.1, -0.05) is 0 Å². The van der Waals surface area contributed by atoms with Crippen LogP contribution < -0.4 is 10.6 Å². The molecule has 2 rings (SSSR count). The van der Waals surface area contributed by atoms with Crippen LogP contribution >= 0.6 is 0 Å². The SMILES string of the molecule is CN1CCCC(CCCC(=O)NCC2CCNC2)C1. The van der Waals surface area contributed by atoms with E-state index in [0.29, 0.717) is 12.3 Å². The summed E-state index contributed by atoms with van der Waals surface area (Å²) in [6, 6.07) is 0. The third-order valence-electron chi connectivity index (χ3n) is 4.49. The Morgan fingerprint density at radius 3 is 3.00 bits per heavy atom. The number of piperidine rings is 1. The van der Waals surface area contributed by atoms with Gasteiger partial charge in [0, 0.05) is 19.5 Å². The van der Waals surface area contributed by atoms with Crippen LogP contribution in [-0.2, 0) is 4.79 Å². The average molecular weight is 267 g/mol. The number of carbonyl (C=O) groups excluding carboxylic acids is 1. The van der Waals surface area contributed by atoms with Crippen molar-refractivity contribution in [3.05, 3.63) is 0 Å². The fourth-order valence-corrected chi connectivity index (χ4v) is 3.30. The topological polar surface area (TPSA) is 44.4 Å². The molecule has 4 heteroatoms. The average Bonchev–Trinajstić information content (AvgIpc) is 2.89. The fourth-order valence-electron chi connectivity index (χ4n) is 3.30. The maximum atomic E-state index is 11.8. The van der Waals surface area contributed by atoms with E-state index in [1.807, 2.05) is 0 Å². The van der Waals surface area contributed by atoms with Crippen LogP contribution in [0.2, 0.25) is 0 Å². The van der Waals surface area contributed by atoms with Gasteiger partial charge in [-0.3, -0.25) is 4.79 Å². The fraction of sp³-hybridized carbons (Fsp3) is 0.933. The first-order chi connectivity index (χ1) is 9.24. The lowest BCUT2D eigenvalue weighted by atomic mass is 9.93. The summed E-state index contributed by atoms with van der Waals surface area (Å²) in [6.07, 6.45) is 6.84. The lowest BCUT2D eigenvalue weighted by molar-refractivity contribution is -0.121. The standard InChI is InChI=1S/C15H29N3O/c1-18-9-3-5-13(12-18)4-2-6-15(19)17-11-14-7-8-16-10-14/h13-14,16H,2-12H2,1H3,(H,17,19). The van der Waals surface area contributed by atoms with Crippen LogP contribution in [0, 0.1) is 11.8 Å². The van der Waals surface area contributed by atoms with Crippen molar-refractivity contribution in [2.24, 2.45) is 11.8 Å². The van der Waals surface area contributed by atoms with Gasteiger partial charge in [-0.2, -0.15) is 0 Å². The summed E-state index contributed by atoms with van der Waals surface area (Å²) in [6.45, 7) is 5.49. The monoisotopic (exact) mass is 267 g/mol. The van der Waals surface area contributed by atoms with E-state index in [4.69, 9.17) is 0 Å². The molecule has 19 heavy (non-hydrogen) atoms.